The van der Waals surface area contributed by atoms with E-state index < -0.39 is 11.7 Å². The molecule has 0 N–H and O–H groups in total. The molecule has 0 fully saturated rings. The molecule has 1 aliphatic rings. The minimum absolute atomic E-state index is 0.0945. The van der Waals surface area contributed by atoms with Gasteiger partial charge in [0.25, 0.3) is 0 Å². The Hall–Kier alpha value is -3.72. The van der Waals surface area contributed by atoms with Gasteiger partial charge in [-0.3, -0.25) is 4.79 Å². The number of benzene rings is 3. The van der Waals surface area contributed by atoms with E-state index in [1.165, 1.54) is 26.4 Å². The van der Waals surface area contributed by atoms with Gasteiger partial charge in [-0.25, -0.2) is 0 Å². The minimum Gasteiger partial charge on any atom is -0.493 e. The van der Waals surface area contributed by atoms with E-state index in [4.69, 9.17) is 18.9 Å². The maximum Gasteiger partial charge on any atom is 0.416 e. The molecule has 1 aliphatic heterocycles. The third kappa shape index (κ3) is 5.73. The van der Waals surface area contributed by atoms with Crippen LogP contribution in [-0.4, -0.2) is 33.5 Å². The van der Waals surface area contributed by atoms with Crippen LogP contribution >= 0.6 is 0 Å². The molecule has 4 rings (SSSR count). The summed E-state index contributed by atoms with van der Waals surface area (Å²) in [6.45, 7) is 0.762. The summed E-state index contributed by atoms with van der Waals surface area (Å²) in [7, 11) is 3.03. The van der Waals surface area contributed by atoms with E-state index >= 15 is 0 Å². The fourth-order valence-electron chi connectivity index (χ4n) is 4.07. The molecule has 6 nitrogen and oxygen atoms in total. The Bertz CT molecular complexity index is 1210. The second-order valence-corrected chi connectivity index (χ2v) is 8.21. The molecule has 1 heterocycles. The summed E-state index contributed by atoms with van der Waals surface area (Å²) < 4.78 is 60.4. The van der Waals surface area contributed by atoms with Gasteiger partial charge in [-0.05, 0) is 47.9 Å². The van der Waals surface area contributed by atoms with Crippen molar-refractivity contribution in [2.75, 3.05) is 32.5 Å². The minimum atomic E-state index is -4.40. The first-order valence-electron chi connectivity index (χ1n) is 11.3. The second kappa shape index (κ2) is 10.9. The molecule has 0 saturated heterocycles. The summed E-state index contributed by atoms with van der Waals surface area (Å²) in [5.41, 5.74) is 2.17. The maximum absolute atomic E-state index is 13.6. The van der Waals surface area contributed by atoms with Gasteiger partial charge in [-0.1, -0.05) is 24.3 Å². The Morgan fingerprint density at radius 3 is 2.44 bits per heavy atom. The molecule has 0 unspecified atom stereocenters. The summed E-state index contributed by atoms with van der Waals surface area (Å²) >= 11 is 0. The standard InChI is InChI=1S/C27H26F3NO5/c1-33-24-11-10-21(15-25(24)34-2)31(13-12-18-6-8-20(9-7-18)27(28,29)30)26(32)14-19-4-3-5-23-22(19)16-35-17-36-23/h3-11,15H,12-14,16-17H2,1-2H3. The number of hydrogen-bond donors (Lipinski definition) is 0. The highest BCUT2D eigenvalue weighted by atomic mass is 19.4. The lowest BCUT2D eigenvalue weighted by Gasteiger charge is -2.26. The van der Waals surface area contributed by atoms with Crippen molar-refractivity contribution in [3.05, 3.63) is 82.9 Å². The SMILES string of the molecule is COc1ccc(N(CCc2ccc(C(F)(F)F)cc2)C(=O)Cc2cccc3c2COCO3)cc1OC. The van der Waals surface area contributed by atoms with Crippen molar-refractivity contribution in [2.24, 2.45) is 0 Å². The van der Waals surface area contributed by atoms with Gasteiger partial charge in [0.05, 0.1) is 32.8 Å². The summed E-state index contributed by atoms with van der Waals surface area (Å²) in [5.74, 6) is 1.48. The summed E-state index contributed by atoms with van der Waals surface area (Å²) in [4.78, 5) is 15.2. The molecular weight excluding hydrogens is 475 g/mol. The van der Waals surface area contributed by atoms with Gasteiger partial charge in [0.1, 0.15) is 5.75 Å². The average Bonchev–Trinajstić information content (AvgIpc) is 2.88. The Labute approximate surface area is 207 Å². The molecule has 36 heavy (non-hydrogen) atoms. The molecule has 0 spiro atoms. The highest BCUT2D eigenvalue weighted by molar-refractivity contribution is 5.95. The van der Waals surface area contributed by atoms with E-state index in [-0.39, 0.29) is 25.7 Å². The van der Waals surface area contributed by atoms with Gasteiger partial charge in [0.15, 0.2) is 18.3 Å². The lowest BCUT2D eigenvalue weighted by Crippen LogP contribution is -2.34. The molecule has 1 amide bonds. The smallest absolute Gasteiger partial charge is 0.416 e. The summed E-state index contributed by atoms with van der Waals surface area (Å²) in [5, 5.41) is 0. The van der Waals surface area contributed by atoms with Gasteiger partial charge >= 0.3 is 6.18 Å². The lowest BCUT2D eigenvalue weighted by molar-refractivity contribution is -0.137. The van der Waals surface area contributed by atoms with Crippen molar-refractivity contribution in [3.63, 3.8) is 0 Å². The van der Waals surface area contributed by atoms with E-state index in [2.05, 4.69) is 0 Å². The number of ether oxygens (including phenoxy) is 4. The number of anilines is 1. The molecule has 0 saturated carbocycles. The fourth-order valence-corrected chi connectivity index (χ4v) is 4.07. The number of halogens is 3. The molecule has 3 aromatic rings. The number of hydrogen-bond acceptors (Lipinski definition) is 5. The van der Waals surface area contributed by atoms with Crippen LogP contribution in [0.2, 0.25) is 0 Å². The highest BCUT2D eigenvalue weighted by Gasteiger charge is 2.30. The normalized spacial score (nSPS) is 12.9. The molecule has 3 aromatic carbocycles. The summed E-state index contributed by atoms with van der Waals surface area (Å²) in [6, 6.07) is 15.6. The van der Waals surface area contributed by atoms with Crippen LogP contribution in [0.5, 0.6) is 17.2 Å². The van der Waals surface area contributed by atoms with Crippen LogP contribution in [0.3, 0.4) is 0 Å². The number of carbonyl (C=O) groups is 1. The van der Waals surface area contributed by atoms with Crippen LogP contribution in [0.1, 0.15) is 22.3 Å². The predicted octanol–water partition coefficient (Wildman–Crippen LogP) is 5.41. The van der Waals surface area contributed by atoms with Crippen LogP contribution in [0.25, 0.3) is 0 Å². The Kier molecular flexibility index (Phi) is 7.69. The molecule has 0 radical (unpaired) electrons. The van der Waals surface area contributed by atoms with Crippen molar-refractivity contribution in [2.45, 2.75) is 25.6 Å². The van der Waals surface area contributed by atoms with Gasteiger partial charge in [-0.2, -0.15) is 13.2 Å². The average molecular weight is 502 g/mol. The van der Waals surface area contributed by atoms with Crippen molar-refractivity contribution in [3.8, 4) is 17.2 Å². The first-order chi connectivity index (χ1) is 17.3. The van der Waals surface area contributed by atoms with Gasteiger partial charge in [0, 0.05) is 23.9 Å². The van der Waals surface area contributed by atoms with Crippen LogP contribution in [0, 0.1) is 0 Å². The van der Waals surface area contributed by atoms with Crippen LogP contribution in [0.15, 0.2) is 60.7 Å². The summed E-state index contributed by atoms with van der Waals surface area (Å²) in [6.07, 6.45) is -3.95. The first-order valence-corrected chi connectivity index (χ1v) is 11.3. The molecule has 0 aromatic heterocycles. The maximum atomic E-state index is 13.6. The molecule has 0 atom stereocenters. The number of amides is 1. The quantitative estimate of drug-likeness (QED) is 0.413. The Morgan fingerprint density at radius 1 is 1.00 bits per heavy atom. The topological polar surface area (TPSA) is 57.2 Å². The van der Waals surface area contributed by atoms with Crippen molar-refractivity contribution in [1.82, 2.24) is 0 Å². The first kappa shape index (κ1) is 25.4. The third-order valence-corrected chi connectivity index (χ3v) is 6.00. The van der Waals surface area contributed by atoms with Gasteiger partial charge < -0.3 is 23.8 Å². The van der Waals surface area contributed by atoms with E-state index in [1.54, 1.807) is 23.1 Å². The van der Waals surface area contributed by atoms with Crippen molar-refractivity contribution in [1.29, 1.82) is 0 Å². The zero-order valence-electron chi connectivity index (χ0n) is 19.9. The van der Waals surface area contributed by atoms with Crippen molar-refractivity contribution >= 4 is 11.6 Å². The highest BCUT2D eigenvalue weighted by Crippen LogP contribution is 2.33. The number of nitrogens with zero attached hydrogens (tertiary/aromatic N) is 1. The van der Waals surface area contributed by atoms with Crippen LogP contribution < -0.4 is 19.1 Å². The third-order valence-electron chi connectivity index (χ3n) is 6.00. The Morgan fingerprint density at radius 2 is 1.75 bits per heavy atom. The molecule has 190 valence electrons. The van der Waals surface area contributed by atoms with E-state index in [0.717, 1.165) is 23.3 Å². The number of alkyl halides is 3. The van der Waals surface area contributed by atoms with Gasteiger partial charge in [-0.15, -0.1) is 0 Å². The molecule has 0 aliphatic carbocycles. The fraction of sp³-hybridized carbons (Fsp3) is 0.296. The van der Waals surface area contributed by atoms with E-state index in [1.807, 2.05) is 18.2 Å². The van der Waals surface area contributed by atoms with Crippen LogP contribution in [0.4, 0.5) is 18.9 Å². The van der Waals surface area contributed by atoms with Gasteiger partial charge in [0.2, 0.25) is 5.91 Å². The Balaban J connectivity index is 1.60. The van der Waals surface area contributed by atoms with Crippen LogP contribution in [-0.2, 0) is 35.2 Å². The number of methoxy groups -OCH3 is 2. The van der Waals surface area contributed by atoms with Crippen molar-refractivity contribution < 1.29 is 36.9 Å². The number of rotatable bonds is 8. The number of carbonyl (C=O) groups excluding carboxylic acids is 1. The lowest BCUT2D eigenvalue weighted by atomic mass is 10.0. The molecular formula is C27H26F3NO5. The zero-order chi connectivity index (χ0) is 25.7. The molecule has 0 bridgehead atoms. The second-order valence-electron chi connectivity index (χ2n) is 8.21. The molecule has 9 heteroatoms. The van der Waals surface area contributed by atoms with E-state index in [9.17, 15) is 18.0 Å². The largest absolute Gasteiger partial charge is 0.493 e. The number of fused-ring (bicyclic) bond motifs is 1. The monoisotopic (exact) mass is 501 g/mol. The predicted molar refractivity (Wildman–Crippen MR) is 127 cm³/mol. The zero-order valence-corrected chi connectivity index (χ0v) is 19.9. The van der Waals surface area contributed by atoms with E-state index in [0.29, 0.717) is 41.5 Å².